The van der Waals surface area contributed by atoms with Gasteiger partial charge in [0.15, 0.2) is 0 Å². The zero-order valence-corrected chi connectivity index (χ0v) is 9.30. The first-order valence-electron chi connectivity index (χ1n) is 5.19. The number of nitrogens with one attached hydrogen (secondary N) is 1. The van der Waals surface area contributed by atoms with Crippen molar-refractivity contribution >= 4 is 6.09 Å². The Kier molecular flexibility index (Phi) is 3.75. The Bertz CT molecular complexity index is 198. The number of carbonyl (C=O) groups is 1. The predicted molar refractivity (Wildman–Crippen MR) is 55.3 cm³/mol. The molecule has 1 amide bonds. The topological polar surface area (TPSA) is 41.6 Å². The van der Waals surface area contributed by atoms with Gasteiger partial charge in [0.1, 0.15) is 0 Å². The molecule has 4 heteroatoms. The molecule has 0 unspecified atom stereocenters. The second-order valence-corrected chi connectivity index (χ2v) is 4.21. The van der Waals surface area contributed by atoms with E-state index in [9.17, 15) is 4.79 Å². The zero-order valence-electron chi connectivity index (χ0n) is 9.30. The third-order valence-electron chi connectivity index (χ3n) is 2.77. The summed E-state index contributed by atoms with van der Waals surface area (Å²) in [7, 11) is 2.10. The van der Waals surface area contributed by atoms with Crippen molar-refractivity contribution in [1.29, 1.82) is 0 Å². The van der Waals surface area contributed by atoms with Crippen LogP contribution in [0.3, 0.4) is 0 Å². The fourth-order valence-electron chi connectivity index (χ4n) is 1.65. The van der Waals surface area contributed by atoms with Gasteiger partial charge in [0.25, 0.3) is 0 Å². The minimum Gasteiger partial charge on any atom is -0.450 e. The van der Waals surface area contributed by atoms with Gasteiger partial charge in [-0.15, -0.1) is 0 Å². The molecule has 1 rings (SSSR count). The number of rotatable bonds is 2. The third kappa shape index (κ3) is 3.18. The lowest BCUT2D eigenvalue weighted by molar-refractivity contribution is 0.120. The van der Waals surface area contributed by atoms with E-state index < -0.39 is 0 Å². The van der Waals surface area contributed by atoms with Gasteiger partial charge in [0.2, 0.25) is 0 Å². The fraction of sp³-hybridized carbons (Fsp3) is 0.900. The summed E-state index contributed by atoms with van der Waals surface area (Å²) in [5.74, 6) is 0. The van der Waals surface area contributed by atoms with E-state index in [-0.39, 0.29) is 11.6 Å². The van der Waals surface area contributed by atoms with Crippen molar-refractivity contribution in [2.45, 2.75) is 32.2 Å². The summed E-state index contributed by atoms with van der Waals surface area (Å²) in [4.78, 5) is 13.5. The van der Waals surface area contributed by atoms with Crippen molar-refractivity contribution in [1.82, 2.24) is 10.2 Å². The maximum absolute atomic E-state index is 11.3. The summed E-state index contributed by atoms with van der Waals surface area (Å²) in [6.07, 6.45) is 1.68. The van der Waals surface area contributed by atoms with Crippen LogP contribution in [0.15, 0.2) is 0 Å². The SMILES string of the molecule is CCOC(=O)NC1(C)CCN(C)CC1. The second kappa shape index (κ2) is 4.64. The summed E-state index contributed by atoms with van der Waals surface area (Å²) < 4.78 is 4.87. The van der Waals surface area contributed by atoms with Crippen LogP contribution in [0.4, 0.5) is 4.79 Å². The van der Waals surface area contributed by atoms with E-state index >= 15 is 0 Å². The number of ether oxygens (including phenoxy) is 1. The van der Waals surface area contributed by atoms with Crippen molar-refractivity contribution in [2.75, 3.05) is 26.7 Å². The Morgan fingerprint density at radius 2 is 2.07 bits per heavy atom. The monoisotopic (exact) mass is 200 g/mol. The highest BCUT2D eigenvalue weighted by atomic mass is 16.5. The first-order valence-corrected chi connectivity index (χ1v) is 5.19. The smallest absolute Gasteiger partial charge is 0.407 e. The molecule has 0 aliphatic carbocycles. The Morgan fingerprint density at radius 1 is 1.50 bits per heavy atom. The number of alkyl carbamates (subject to hydrolysis) is 1. The molecule has 0 radical (unpaired) electrons. The Labute approximate surface area is 85.6 Å². The highest BCUT2D eigenvalue weighted by Gasteiger charge is 2.30. The van der Waals surface area contributed by atoms with Crippen LogP contribution in [0.1, 0.15) is 26.7 Å². The molecule has 1 aliphatic heterocycles. The molecule has 4 nitrogen and oxygen atoms in total. The predicted octanol–water partition coefficient (Wildman–Crippen LogP) is 1.22. The molecule has 1 fully saturated rings. The number of piperidine rings is 1. The van der Waals surface area contributed by atoms with Crippen molar-refractivity contribution in [3.63, 3.8) is 0 Å². The minimum absolute atomic E-state index is 0.0846. The van der Waals surface area contributed by atoms with Gasteiger partial charge < -0.3 is 15.0 Å². The normalized spacial score (nSPS) is 21.6. The molecule has 0 atom stereocenters. The van der Waals surface area contributed by atoms with Gasteiger partial charge in [0, 0.05) is 18.6 Å². The van der Waals surface area contributed by atoms with E-state index in [0.717, 1.165) is 25.9 Å². The average Bonchev–Trinajstić information content (AvgIpc) is 2.11. The van der Waals surface area contributed by atoms with E-state index in [0.29, 0.717) is 6.61 Å². The molecule has 0 saturated carbocycles. The summed E-state index contributed by atoms with van der Waals surface area (Å²) in [6, 6.07) is 0. The van der Waals surface area contributed by atoms with Gasteiger partial charge in [-0.1, -0.05) is 0 Å². The summed E-state index contributed by atoms with van der Waals surface area (Å²) in [5.41, 5.74) is -0.0846. The number of hydrogen-bond donors (Lipinski definition) is 1. The Morgan fingerprint density at radius 3 is 2.57 bits per heavy atom. The molecular formula is C10H20N2O2. The van der Waals surface area contributed by atoms with Crippen LogP contribution in [0, 0.1) is 0 Å². The summed E-state index contributed by atoms with van der Waals surface area (Å²) in [6.45, 7) is 6.39. The van der Waals surface area contributed by atoms with Crippen molar-refractivity contribution in [3.05, 3.63) is 0 Å². The number of nitrogens with zero attached hydrogens (tertiary/aromatic N) is 1. The largest absolute Gasteiger partial charge is 0.450 e. The average molecular weight is 200 g/mol. The van der Waals surface area contributed by atoms with E-state index in [1.807, 2.05) is 6.92 Å². The molecule has 0 spiro atoms. The molecule has 0 aromatic heterocycles. The maximum atomic E-state index is 11.3. The van der Waals surface area contributed by atoms with Gasteiger partial charge in [-0.3, -0.25) is 0 Å². The lowest BCUT2D eigenvalue weighted by atomic mass is 9.90. The number of hydrogen-bond acceptors (Lipinski definition) is 3. The van der Waals surface area contributed by atoms with Crippen molar-refractivity contribution in [3.8, 4) is 0 Å². The van der Waals surface area contributed by atoms with Gasteiger partial charge in [-0.2, -0.15) is 0 Å². The molecule has 1 heterocycles. The van der Waals surface area contributed by atoms with E-state index in [1.54, 1.807) is 0 Å². The third-order valence-corrected chi connectivity index (χ3v) is 2.77. The maximum Gasteiger partial charge on any atom is 0.407 e. The molecule has 14 heavy (non-hydrogen) atoms. The lowest BCUT2D eigenvalue weighted by Crippen LogP contribution is -2.52. The Hall–Kier alpha value is -0.770. The van der Waals surface area contributed by atoms with Crippen molar-refractivity contribution < 1.29 is 9.53 Å². The van der Waals surface area contributed by atoms with E-state index in [1.165, 1.54) is 0 Å². The van der Waals surface area contributed by atoms with Gasteiger partial charge in [-0.05, 0) is 33.7 Å². The van der Waals surface area contributed by atoms with Gasteiger partial charge in [0.05, 0.1) is 6.61 Å². The van der Waals surface area contributed by atoms with Crippen LogP contribution in [0.25, 0.3) is 0 Å². The van der Waals surface area contributed by atoms with Gasteiger partial charge >= 0.3 is 6.09 Å². The van der Waals surface area contributed by atoms with Crippen molar-refractivity contribution in [2.24, 2.45) is 0 Å². The molecule has 0 aromatic rings. The standard InChI is InChI=1S/C10H20N2O2/c1-4-14-9(13)11-10(2)5-7-12(3)8-6-10/h4-8H2,1-3H3,(H,11,13). The first kappa shape index (κ1) is 11.3. The fourth-order valence-corrected chi connectivity index (χ4v) is 1.65. The molecule has 1 aliphatic rings. The highest BCUT2D eigenvalue weighted by Crippen LogP contribution is 2.20. The van der Waals surface area contributed by atoms with Crippen LogP contribution < -0.4 is 5.32 Å². The number of likely N-dealkylation sites (tertiary alicyclic amines) is 1. The summed E-state index contributed by atoms with van der Waals surface area (Å²) in [5, 5.41) is 2.93. The van der Waals surface area contributed by atoms with E-state index in [2.05, 4.69) is 24.2 Å². The van der Waals surface area contributed by atoms with Crippen LogP contribution in [0.5, 0.6) is 0 Å². The van der Waals surface area contributed by atoms with Gasteiger partial charge in [-0.25, -0.2) is 4.79 Å². The van der Waals surface area contributed by atoms with Crippen LogP contribution in [-0.2, 0) is 4.74 Å². The molecule has 0 aromatic carbocycles. The quantitative estimate of drug-likeness (QED) is 0.728. The number of amides is 1. The molecule has 82 valence electrons. The molecule has 1 saturated heterocycles. The molecule has 1 N–H and O–H groups in total. The zero-order chi connectivity index (χ0) is 10.6. The van der Waals surface area contributed by atoms with Crippen LogP contribution >= 0.6 is 0 Å². The van der Waals surface area contributed by atoms with E-state index in [4.69, 9.17) is 4.74 Å². The Balaban J connectivity index is 2.38. The molecule has 0 bridgehead atoms. The highest BCUT2D eigenvalue weighted by molar-refractivity contribution is 5.68. The summed E-state index contributed by atoms with van der Waals surface area (Å²) >= 11 is 0. The van der Waals surface area contributed by atoms with Crippen LogP contribution in [0.2, 0.25) is 0 Å². The second-order valence-electron chi connectivity index (χ2n) is 4.21. The first-order chi connectivity index (χ1) is 6.56. The number of carbonyl (C=O) groups excluding carboxylic acids is 1. The molecular weight excluding hydrogens is 180 g/mol. The minimum atomic E-state index is -0.292. The van der Waals surface area contributed by atoms with Crippen LogP contribution in [-0.4, -0.2) is 43.3 Å². The lowest BCUT2D eigenvalue weighted by Gasteiger charge is -2.38.